The number of alkyl halides is 1. The molecule has 0 aromatic carbocycles. The molecule has 1 aliphatic heterocycles. The van der Waals surface area contributed by atoms with Crippen molar-refractivity contribution >= 4 is 27.9 Å². The molecule has 1 aliphatic rings. The van der Waals surface area contributed by atoms with Crippen molar-refractivity contribution in [2.45, 2.75) is 43.5 Å². The molecule has 0 aromatic heterocycles. The van der Waals surface area contributed by atoms with Crippen LogP contribution in [-0.2, 0) is 23.8 Å². The van der Waals surface area contributed by atoms with E-state index in [9.17, 15) is 9.59 Å². The van der Waals surface area contributed by atoms with Gasteiger partial charge in [-0.25, -0.2) is 9.59 Å². The molecule has 18 heavy (non-hydrogen) atoms. The molecular formula is C12H19BrO5. The summed E-state index contributed by atoms with van der Waals surface area (Å²) in [6.07, 6.45) is 1.88. The molecule has 0 spiro atoms. The van der Waals surface area contributed by atoms with Gasteiger partial charge < -0.3 is 14.2 Å². The normalized spacial score (nSPS) is 27.1. The van der Waals surface area contributed by atoms with Gasteiger partial charge in [0.1, 0.15) is 6.10 Å². The van der Waals surface area contributed by atoms with Crippen LogP contribution >= 0.6 is 15.9 Å². The molecule has 104 valence electrons. The second kappa shape index (κ2) is 7.09. The van der Waals surface area contributed by atoms with E-state index >= 15 is 0 Å². The number of rotatable bonds is 7. The summed E-state index contributed by atoms with van der Waals surface area (Å²) in [5.41, 5.74) is 0. The second-order valence-electron chi connectivity index (χ2n) is 4.18. The molecular weight excluding hydrogens is 304 g/mol. The van der Waals surface area contributed by atoms with Gasteiger partial charge in [-0.2, -0.15) is 0 Å². The van der Waals surface area contributed by atoms with Crippen LogP contribution in [-0.4, -0.2) is 42.2 Å². The molecule has 0 aliphatic carbocycles. The molecule has 1 heterocycles. The highest BCUT2D eigenvalue weighted by molar-refractivity contribution is 9.10. The molecule has 0 bridgehead atoms. The van der Waals surface area contributed by atoms with Crippen molar-refractivity contribution in [1.82, 2.24) is 0 Å². The van der Waals surface area contributed by atoms with Crippen molar-refractivity contribution in [2.75, 3.05) is 19.8 Å². The van der Waals surface area contributed by atoms with Crippen LogP contribution in [0.5, 0.6) is 0 Å². The average Bonchev–Trinajstić information content (AvgIpc) is 2.62. The number of carbonyl (C=O) groups excluding carboxylic acids is 2. The van der Waals surface area contributed by atoms with Gasteiger partial charge in [0.25, 0.3) is 0 Å². The quantitative estimate of drug-likeness (QED) is 0.309. The van der Waals surface area contributed by atoms with Gasteiger partial charge in [0.2, 0.25) is 4.32 Å². The van der Waals surface area contributed by atoms with Gasteiger partial charge in [0, 0.05) is 13.0 Å². The summed E-state index contributed by atoms with van der Waals surface area (Å²) in [6, 6.07) is 0. The first-order valence-corrected chi connectivity index (χ1v) is 6.98. The first kappa shape index (κ1) is 15.4. The monoisotopic (exact) mass is 322 g/mol. The van der Waals surface area contributed by atoms with Crippen LogP contribution < -0.4 is 0 Å². The van der Waals surface area contributed by atoms with Gasteiger partial charge in [0.05, 0.1) is 13.2 Å². The Morgan fingerprint density at radius 1 is 1.56 bits per heavy atom. The summed E-state index contributed by atoms with van der Waals surface area (Å²) in [5, 5.41) is 0. The van der Waals surface area contributed by atoms with Gasteiger partial charge in [-0.3, -0.25) is 0 Å². The predicted molar refractivity (Wildman–Crippen MR) is 68.5 cm³/mol. The minimum atomic E-state index is -1.36. The highest BCUT2D eigenvalue weighted by Crippen LogP contribution is 2.35. The Morgan fingerprint density at radius 2 is 2.28 bits per heavy atom. The van der Waals surface area contributed by atoms with Gasteiger partial charge >= 0.3 is 11.9 Å². The summed E-state index contributed by atoms with van der Waals surface area (Å²) in [7, 11) is 0. The van der Waals surface area contributed by atoms with Crippen LogP contribution in [0.4, 0.5) is 0 Å². The molecule has 1 rings (SSSR count). The number of carbonyl (C=O) groups is 2. The first-order chi connectivity index (χ1) is 8.54. The van der Waals surface area contributed by atoms with Crippen molar-refractivity contribution in [2.24, 2.45) is 0 Å². The van der Waals surface area contributed by atoms with Gasteiger partial charge in [-0.1, -0.05) is 29.3 Å². The summed E-state index contributed by atoms with van der Waals surface area (Å²) < 4.78 is 14.0. The molecule has 0 radical (unpaired) electrons. The van der Waals surface area contributed by atoms with Crippen LogP contribution in [0.25, 0.3) is 0 Å². The predicted octanol–water partition coefficient (Wildman–Crippen LogP) is 1.82. The average molecular weight is 323 g/mol. The summed E-state index contributed by atoms with van der Waals surface area (Å²) in [6.45, 7) is 4.96. The molecule has 1 saturated heterocycles. The van der Waals surface area contributed by atoms with Crippen LogP contribution in [0.3, 0.4) is 0 Å². The van der Waals surface area contributed by atoms with Crippen LogP contribution in [0.15, 0.2) is 0 Å². The maximum atomic E-state index is 11.7. The van der Waals surface area contributed by atoms with E-state index in [1.807, 2.05) is 0 Å². The number of hydrogen-bond donors (Lipinski definition) is 0. The molecule has 0 saturated carbocycles. The second-order valence-corrected chi connectivity index (χ2v) is 5.54. The molecule has 2 atom stereocenters. The third-order valence-corrected chi connectivity index (χ3v) is 3.62. The Morgan fingerprint density at radius 3 is 2.89 bits per heavy atom. The van der Waals surface area contributed by atoms with E-state index in [1.54, 1.807) is 6.92 Å². The Labute approximate surface area is 115 Å². The molecule has 5 nitrogen and oxygen atoms in total. The molecule has 0 aromatic rings. The Balaban J connectivity index is 2.45. The number of unbranched alkanes of at least 4 members (excludes halogenated alkanes) is 1. The largest absolute Gasteiger partial charge is 0.465 e. The van der Waals surface area contributed by atoms with Crippen LogP contribution in [0.1, 0.15) is 33.1 Å². The SMILES string of the molecule is CCCCOCC1CC(Br)(C(=O)OCC)C(=O)O1. The van der Waals surface area contributed by atoms with E-state index in [-0.39, 0.29) is 13.0 Å². The lowest BCUT2D eigenvalue weighted by Crippen LogP contribution is -2.38. The van der Waals surface area contributed by atoms with E-state index in [0.29, 0.717) is 13.2 Å². The fraction of sp³-hybridized carbons (Fsp3) is 0.833. The molecule has 2 unspecified atom stereocenters. The van der Waals surface area contributed by atoms with Crippen LogP contribution in [0, 0.1) is 0 Å². The van der Waals surface area contributed by atoms with E-state index in [4.69, 9.17) is 14.2 Å². The molecule has 1 fully saturated rings. The Bertz CT molecular complexity index is 307. The lowest BCUT2D eigenvalue weighted by molar-refractivity contribution is -0.154. The van der Waals surface area contributed by atoms with E-state index in [2.05, 4.69) is 22.9 Å². The third kappa shape index (κ3) is 3.68. The zero-order valence-corrected chi connectivity index (χ0v) is 12.3. The lowest BCUT2D eigenvalue weighted by Gasteiger charge is -2.14. The standard InChI is InChI=1S/C12H19BrO5/c1-3-5-6-16-8-9-7-12(13,11(15)18-9)10(14)17-4-2/h9H,3-8H2,1-2H3. The van der Waals surface area contributed by atoms with Crippen LogP contribution in [0.2, 0.25) is 0 Å². The number of ether oxygens (including phenoxy) is 3. The van der Waals surface area contributed by atoms with Gasteiger partial charge in [0.15, 0.2) is 0 Å². The molecule has 0 amide bonds. The Hall–Kier alpha value is -0.620. The van der Waals surface area contributed by atoms with Gasteiger partial charge in [-0.15, -0.1) is 0 Å². The highest BCUT2D eigenvalue weighted by Gasteiger charge is 2.54. The summed E-state index contributed by atoms with van der Waals surface area (Å²) in [5.74, 6) is -1.18. The number of halogens is 1. The van der Waals surface area contributed by atoms with Crippen molar-refractivity contribution in [3.05, 3.63) is 0 Å². The van der Waals surface area contributed by atoms with E-state index in [1.165, 1.54) is 0 Å². The van der Waals surface area contributed by atoms with E-state index in [0.717, 1.165) is 12.8 Å². The van der Waals surface area contributed by atoms with Crippen molar-refractivity contribution in [3.63, 3.8) is 0 Å². The molecule has 0 N–H and O–H groups in total. The fourth-order valence-electron chi connectivity index (χ4n) is 1.65. The van der Waals surface area contributed by atoms with Crippen molar-refractivity contribution in [3.8, 4) is 0 Å². The third-order valence-electron chi connectivity index (χ3n) is 2.65. The van der Waals surface area contributed by atoms with Gasteiger partial charge in [-0.05, 0) is 13.3 Å². The zero-order valence-electron chi connectivity index (χ0n) is 10.7. The van der Waals surface area contributed by atoms with E-state index < -0.39 is 22.4 Å². The minimum Gasteiger partial charge on any atom is -0.465 e. The highest BCUT2D eigenvalue weighted by atomic mass is 79.9. The molecule has 6 heteroatoms. The number of esters is 2. The Kier molecular flexibility index (Phi) is 6.08. The zero-order chi connectivity index (χ0) is 13.6. The smallest absolute Gasteiger partial charge is 0.334 e. The maximum absolute atomic E-state index is 11.7. The summed E-state index contributed by atoms with van der Waals surface area (Å²) in [4.78, 5) is 23.4. The fourth-order valence-corrected chi connectivity index (χ4v) is 2.22. The summed E-state index contributed by atoms with van der Waals surface area (Å²) >= 11 is 3.14. The number of cyclic esters (lactones) is 1. The van der Waals surface area contributed by atoms with Crippen molar-refractivity contribution < 1.29 is 23.8 Å². The number of hydrogen-bond acceptors (Lipinski definition) is 5. The maximum Gasteiger partial charge on any atom is 0.334 e. The minimum absolute atomic E-state index is 0.233. The van der Waals surface area contributed by atoms with Crippen molar-refractivity contribution in [1.29, 1.82) is 0 Å². The topological polar surface area (TPSA) is 61.8 Å². The lowest BCUT2D eigenvalue weighted by atomic mass is 10.1. The first-order valence-electron chi connectivity index (χ1n) is 6.19.